The molecule has 13 heavy (non-hydrogen) atoms. The second-order valence-corrected chi connectivity index (χ2v) is 3.02. The van der Waals surface area contributed by atoms with Gasteiger partial charge in [-0.3, -0.25) is 4.79 Å². The van der Waals surface area contributed by atoms with E-state index in [4.69, 9.17) is 0 Å². The first kappa shape index (κ1) is 7.92. The number of rotatable bonds is 1. The molecule has 2 nitrogen and oxygen atoms in total. The largest absolute Gasteiger partial charge is 0.298 e. The van der Waals surface area contributed by atoms with Gasteiger partial charge in [0.25, 0.3) is 0 Å². The lowest BCUT2D eigenvalue weighted by Gasteiger charge is -1.97. The maximum absolute atomic E-state index is 10.7. The van der Waals surface area contributed by atoms with Crippen molar-refractivity contribution in [3.05, 3.63) is 42.1 Å². The number of fused-ring (bicyclic) bond motifs is 1. The van der Waals surface area contributed by atoms with E-state index < -0.39 is 0 Å². The number of aromatic nitrogens is 1. The summed E-state index contributed by atoms with van der Waals surface area (Å²) in [5, 5.41) is 1.00. The van der Waals surface area contributed by atoms with Crippen LogP contribution in [0, 0.1) is 0 Å². The highest BCUT2D eigenvalue weighted by Gasteiger charge is 2.05. The van der Waals surface area contributed by atoms with Gasteiger partial charge in [-0.1, -0.05) is 12.1 Å². The molecule has 0 bridgehead atoms. The number of pyridine rings is 1. The van der Waals surface area contributed by atoms with Crippen molar-refractivity contribution in [3.63, 3.8) is 0 Å². The Balaban J connectivity index is 2.92. The molecule has 0 aliphatic carbocycles. The quantitative estimate of drug-likeness (QED) is 0.471. The number of nitrogens with zero attached hydrogens (tertiary/aromatic N) is 1. The Labute approximate surface area is 76.4 Å². The highest BCUT2D eigenvalue weighted by molar-refractivity contribution is 5.94. The minimum absolute atomic E-state index is 0.744. The highest BCUT2D eigenvalue weighted by atomic mass is 16.1. The number of aryl methyl sites for hydroxylation is 1. The third kappa shape index (κ3) is 1.20. The molecule has 0 radical (unpaired) electrons. The van der Waals surface area contributed by atoms with Gasteiger partial charge in [0.2, 0.25) is 5.52 Å². The van der Waals surface area contributed by atoms with Gasteiger partial charge in [0.1, 0.15) is 7.05 Å². The van der Waals surface area contributed by atoms with E-state index in [1.807, 2.05) is 48.1 Å². The smallest absolute Gasteiger partial charge is 0.212 e. The van der Waals surface area contributed by atoms with E-state index in [0.29, 0.717) is 0 Å². The maximum atomic E-state index is 10.7. The lowest BCUT2D eigenvalue weighted by atomic mass is 10.1. The Morgan fingerprint density at radius 3 is 2.85 bits per heavy atom. The Morgan fingerprint density at radius 2 is 2.08 bits per heavy atom. The Morgan fingerprint density at radius 1 is 1.23 bits per heavy atom. The summed E-state index contributed by atoms with van der Waals surface area (Å²) in [5.41, 5.74) is 1.82. The zero-order valence-corrected chi connectivity index (χ0v) is 7.40. The molecule has 0 aliphatic heterocycles. The molecule has 1 heterocycles. The standard InChI is InChI=1S/C11H10NO/c1-12-7-3-5-10-9(8-13)4-2-6-11(10)12/h2-8H,1H3/q+1. The summed E-state index contributed by atoms with van der Waals surface area (Å²) in [4.78, 5) is 10.7. The van der Waals surface area contributed by atoms with Gasteiger partial charge in [0.05, 0.1) is 5.39 Å². The Kier molecular flexibility index (Phi) is 1.81. The molecule has 0 fully saturated rings. The number of aldehydes is 1. The molecule has 0 saturated carbocycles. The van der Waals surface area contributed by atoms with E-state index in [1.54, 1.807) is 0 Å². The van der Waals surface area contributed by atoms with Gasteiger partial charge >= 0.3 is 0 Å². The fraction of sp³-hybridized carbons (Fsp3) is 0.0909. The van der Waals surface area contributed by atoms with Crippen LogP contribution in [-0.4, -0.2) is 6.29 Å². The third-order valence-electron chi connectivity index (χ3n) is 2.20. The first-order valence-electron chi connectivity index (χ1n) is 4.15. The van der Waals surface area contributed by atoms with E-state index in [0.717, 1.165) is 22.8 Å². The van der Waals surface area contributed by atoms with Crippen molar-refractivity contribution >= 4 is 17.2 Å². The molecule has 2 heteroatoms. The van der Waals surface area contributed by atoms with Crippen LogP contribution in [0.1, 0.15) is 10.4 Å². The SMILES string of the molecule is C[n+]1cccc2c(C=O)cccc21. The zero-order valence-electron chi connectivity index (χ0n) is 7.40. The average Bonchev–Trinajstić information content (AvgIpc) is 2.18. The van der Waals surface area contributed by atoms with Crippen LogP contribution in [0.3, 0.4) is 0 Å². The summed E-state index contributed by atoms with van der Waals surface area (Å²) in [6.45, 7) is 0. The molecule has 64 valence electrons. The second-order valence-electron chi connectivity index (χ2n) is 3.02. The lowest BCUT2D eigenvalue weighted by Crippen LogP contribution is -2.27. The average molecular weight is 172 g/mol. The van der Waals surface area contributed by atoms with Crippen molar-refractivity contribution in [2.75, 3.05) is 0 Å². The number of benzene rings is 1. The second kappa shape index (κ2) is 2.98. The predicted molar refractivity (Wildman–Crippen MR) is 50.5 cm³/mol. The van der Waals surface area contributed by atoms with Gasteiger partial charge in [0.15, 0.2) is 12.5 Å². The summed E-state index contributed by atoms with van der Waals surface area (Å²) in [6.07, 6.45) is 2.86. The van der Waals surface area contributed by atoms with E-state index in [9.17, 15) is 4.79 Å². The fourth-order valence-corrected chi connectivity index (χ4v) is 1.51. The van der Waals surface area contributed by atoms with Gasteiger partial charge in [-0.15, -0.1) is 0 Å². The molecule has 0 unspecified atom stereocenters. The van der Waals surface area contributed by atoms with Crippen molar-refractivity contribution < 1.29 is 9.36 Å². The Bertz CT molecular complexity index is 463. The summed E-state index contributed by atoms with van der Waals surface area (Å²) in [7, 11) is 1.97. The highest BCUT2D eigenvalue weighted by Crippen LogP contribution is 2.12. The first-order valence-corrected chi connectivity index (χ1v) is 4.15. The maximum Gasteiger partial charge on any atom is 0.212 e. The summed E-state index contributed by atoms with van der Waals surface area (Å²) < 4.78 is 2.00. The number of carbonyl (C=O) groups excluding carboxylic acids is 1. The number of carbonyl (C=O) groups is 1. The van der Waals surface area contributed by atoms with Crippen LogP contribution >= 0.6 is 0 Å². The Hall–Kier alpha value is -1.70. The molecule has 0 aliphatic rings. The minimum Gasteiger partial charge on any atom is -0.298 e. The summed E-state index contributed by atoms with van der Waals surface area (Å²) >= 11 is 0. The van der Waals surface area contributed by atoms with Gasteiger partial charge < -0.3 is 0 Å². The predicted octanol–water partition coefficient (Wildman–Crippen LogP) is 1.48. The minimum atomic E-state index is 0.744. The van der Waals surface area contributed by atoms with Crippen LogP contribution in [0.4, 0.5) is 0 Å². The monoisotopic (exact) mass is 172 g/mol. The van der Waals surface area contributed by atoms with Crippen LogP contribution in [0.25, 0.3) is 10.9 Å². The van der Waals surface area contributed by atoms with Crippen molar-refractivity contribution in [2.24, 2.45) is 7.05 Å². The zero-order chi connectivity index (χ0) is 9.26. The molecule has 2 aromatic rings. The molecule has 0 atom stereocenters. The lowest BCUT2D eigenvalue weighted by molar-refractivity contribution is -0.644. The molecule has 0 amide bonds. The first-order chi connectivity index (χ1) is 6.33. The van der Waals surface area contributed by atoms with Crippen LogP contribution in [0.5, 0.6) is 0 Å². The number of hydrogen-bond donors (Lipinski definition) is 0. The van der Waals surface area contributed by atoms with E-state index >= 15 is 0 Å². The van der Waals surface area contributed by atoms with Gasteiger partial charge in [0, 0.05) is 17.7 Å². The van der Waals surface area contributed by atoms with Crippen molar-refractivity contribution in [2.45, 2.75) is 0 Å². The molecule has 1 aromatic heterocycles. The van der Waals surface area contributed by atoms with E-state index in [1.165, 1.54) is 0 Å². The van der Waals surface area contributed by atoms with E-state index in [2.05, 4.69) is 0 Å². The van der Waals surface area contributed by atoms with Crippen molar-refractivity contribution in [1.29, 1.82) is 0 Å². The molecular weight excluding hydrogens is 162 g/mol. The van der Waals surface area contributed by atoms with Crippen LogP contribution in [-0.2, 0) is 7.05 Å². The topological polar surface area (TPSA) is 20.9 Å². The molecule has 1 aromatic carbocycles. The summed E-state index contributed by atoms with van der Waals surface area (Å²) in [6, 6.07) is 9.62. The van der Waals surface area contributed by atoms with Gasteiger partial charge in [-0.25, -0.2) is 4.57 Å². The van der Waals surface area contributed by atoms with E-state index in [-0.39, 0.29) is 0 Å². The van der Waals surface area contributed by atoms with Gasteiger partial charge in [-0.2, -0.15) is 0 Å². The van der Waals surface area contributed by atoms with Gasteiger partial charge in [-0.05, 0) is 6.07 Å². The number of hydrogen-bond acceptors (Lipinski definition) is 1. The van der Waals surface area contributed by atoms with Crippen LogP contribution in [0.2, 0.25) is 0 Å². The third-order valence-corrected chi connectivity index (χ3v) is 2.20. The van der Waals surface area contributed by atoms with Crippen molar-refractivity contribution in [1.82, 2.24) is 0 Å². The molecule has 0 saturated heterocycles. The molecule has 0 N–H and O–H groups in total. The molecule has 0 spiro atoms. The fourth-order valence-electron chi connectivity index (χ4n) is 1.51. The van der Waals surface area contributed by atoms with Crippen LogP contribution in [0.15, 0.2) is 36.5 Å². The molecule has 2 rings (SSSR count). The summed E-state index contributed by atoms with van der Waals surface area (Å²) in [5.74, 6) is 0. The normalized spacial score (nSPS) is 10.2. The van der Waals surface area contributed by atoms with Crippen molar-refractivity contribution in [3.8, 4) is 0 Å². The molecular formula is C11H10NO+. The van der Waals surface area contributed by atoms with Crippen LogP contribution < -0.4 is 4.57 Å².